The molecule has 0 N–H and O–H groups in total. The number of hydrogen-bond acceptors (Lipinski definition) is 6. The highest BCUT2D eigenvalue weighted by Crippen LogP contribution is 2.42. The van der Waals surface area contributed by atoms with Gasteiger partial charge in [0.1, 0.15) is 23.9 Å². The summed E-state index contributed by atoms with van der Waals surface area (Å²) in [4.78, 5) is 30.0. The second kappa shape index (κ2) is 9.41. The molecule has 1 saturated heterocycles. The van der Waals surface area contributed by atoms with Gasteiger partial charge in [0.05, 0.1) is 30.9 Å². The number of aromatic nitrogens is 1. The Kier molecular flexibility index (Phi) is 5.93. The van der Waals surface area contributed by atoms with Gasteiger partial charge in [-0.1, -0.05) is 0 Å². The molecule has 7 nitrogen and oxygen atoms in total. The Morgan fingerprint density at radius 3 is 2.16 bits per heavy atom. The summed E-state index contributed by atoms with van der Waals surface area (Å²) in [6.07, 6.45) is 2.51. The van der Waals surface area contributed by atoms with Crippen LogP contribution in [-0.2, 0) is 0 Å². The summed E-state index contributed by atoms with van der Waals surface area (Å²) < 4.78 is 18.3. The number of carbonyl (C=O) groups is 1. The lowest BCUT2D eigenvalue weighted by atomic mass is 10.0. The maximum absolute atomic E-state index is 13.9. The Hall–Kier alpha value is -4.10. The van der Waals surface area contributed by atoms with Crippen molar-refractivity contribution in [2.24, 2.45) is 0 Å². The van der Waals surface area contributed by atoms with Crippen LogP contribution in [-0.4, -0.2) is 55.7 Å². The van der Waals surface area contributed by atoms with Gasteiger partial charge in [0.2, 0.25) is 0 Å². The number of pyridine rings is 1. The minimum absolute atomic E-state index is 0.130. The molecule has 0 spiro atoms. The minimum Gasteiger partial charge on any atom is -0.497 e. The van der Waals surface area contributed by atoms with Crippen molar-refractivity contribution >= 4 is 16.6 Å². The highest BCUT2D eigenvalue weighted by molar-refractivity contribution is 6.27. The molecule has 0 atom stereocenters. The van der Waals surface area contributed by atoms with Gasteiger partial charge in [0.25, 0.3) is 5.56 Å². The lowest BCUT2D eigenvalue weighted by Gasteiger charge is -2.17. The van der Waals surface area contributed by atoms with Gasteiger partial charge in [0.15, 0.2) is 5.78 Å². The van der Waals surface area contributed by atoms with Gasteiger partial charge in [-0.25, -0.2) is 0 Å². The number of nitrogens with zero attached hydrogens (tertiary/aromatic N) is 2. The van der Waals surface area contributed by atoms with Gasteiger partial charge >= 0.3 is 0 Å². The standard InChI is InChI=1S/C30H28N2O5/c1-35-21-10-12-24-25(17-21)29(33)27-23-11-9-22(36-2)18-26(23)30(34)32(28(24)27)19-5-7-20(8-6-19)37-16-15-31-13-3-4-14-31/h5-12,17-18H,3-4,13-16H2,1-2H3. The first-order valence-electron chi connectivity index (χ1n) is 12.5. The maximum Gasteiger partial charge on any atom is 0.263 e. The van der Waals surface area contributed by atoms with Crippen molar-refractivity contribution in [3.63, 3.8) is 0 Å². The fraction of sp³-hybridized carbons (Fsp3) is 0.267. The normalized spacial score (nSPS) is 14.6. The maximum atomic E-state index is 13.9. The molecule has 188 valence electrons. The molecule has 4 aromatic rings. The first kappa shape index (κ1) is 23.3. The molecular weight excluding hydrogens is 468 g/mol. The molecule has 7 heteroatoms. The summed E-state index contributed by atoms with van der Waals surface area (Å²) >= 11 is 0. The van der Waals surface area contributed by atoms with E-state index in [1.807, 2.05) is 36.4 Å². The van der Waals surface area contributed by atoms with E-state index >= 15 is 0 Å². The van der Waals surface area contributed by atoms with Crippen LogP contribution in [0.2, 0.25) is 0 Å². The smallest absolute Gasteiger partial charge is 0.263 e. The van der Waals surface area contributed by atoms with E-state index in [0.29, 0.717) is 57.0 Å². The summed E-state index contributed by atoms with van der Waals surface area (Å²) in [6.45, 7) is 3.79. The van der Waals surface area contributed by atoms with Gasteiger partial charge in [-0.05, 0) is 86.6 Å². The number of ether oxygens (including phenoxy) is 3. The van der Waals surface area contributed by atoms with Gasteiger partial charge in [-0.3, -0.25) is 19.1 Å². The van der Waals surface area contributed by atoms with Crippen molar-refractivity contribution in [1.82, 2.24) is 9.47 Å². The number of ketones is 1. The van der Waals surface area contributed by atoms with Crippen molar-refractivity contribution in [1.29, 1.82) is 0 Å². The van der Waals surface area contributed by atoms with E-state index in [-0.39, 0.29) is 11.3 Å². The van der Waals surface area contributed by atoms with E-state index in [4.69, 9.17) is 14.2 Å². The quantitative estimate of drug-likeness (QED) is 0.326. The van der Waals surface area contributed by atoms with Crippen molar-refractivity contribution in [2.45, 2.75) is 12.8 Å². The topological polar surface area (TPSA) is 70.0 Å². The molecule has 0 saturated carbocycles. The van der Waals surface area contributed by atoms with Crippen LogP contribution in [0, 0.1) is 0 Å². The van der Waals surface area contributed by atoms with E-state index in [1.54, 1.807) is 43.1 Å². The summed E-state index contributed by atoms with van der Waals surface area (Å²) in [5.41, 5.74) is 2.77. The van der Waals surface area contributed by atoms with Crippen molar-refractivity contribution < 1.29 is 19.0 Å². The van der Waals surface area contributed by atoms with Crippen LogP contribution in [0.4, 0.5) is 0 Å². The molecule has 0 amide bonds. The second-order valence-electron chi connectivity index (χ2n) is 9.41. The van der Waals surface area contributed by atoms with E-state index < -0.39 is 0 Å². The van der Waals surface area contributed by atoms with Gasteiger partial charge in [0, 0.05) is 28.7 Å². The lowest BCUT2D eigenvalue weighted by Crippen LogP contribution is -2.25. The predicted molar refractivity (Wildman–Crippen MR) is 143 cm³/mol. The molecular formula is C30H28N2O5. The largest absolute Gasteiger partial charge is 0.497 e. The minimum atomic E-state index is -0.216. The summed E-state index contributed by atoms with van der Waals surface area (Å²) in [5.74, 6) is 1.77. The number of likely N-dealkylation sites (tertiary alicyclic amines) is 1. The van der Waals surface area contributed by atoms with Gasteiger partial charge in [-0.2, -0.15) is 0 Å². The molecule has 2 aliphatic rings. The molecule has 6 rings (SSSR count). The van der Waals surface area contributed by atoms with Crippen LogP contribution in [0.5, 0.6) is 17.2 Å². The molecule has 1 fully saturated rings. The molecule has 37 heavy (non-hydrogen) atoms. The van der Waals surface area contributed by atoms with E-state index in [9.17, 15) is 9.59 Å². The first-order valence-corrected chi connectivity index (χ1v) is 12.5. The summed E-state index contributed by atoms with van der Waals surface area (Å²) in [6, 6.07) is 18.1. The number of benzene rings is 3. The van der Waals surface area contributed by atoms with Crippen LogP contribution >= 0.6 is 0 Å². The molecule has 1 aliphatic heterocycles. The fourth-order valence-corrected chi connectivity index (χ4v) is 5.41. The van der Waals surface area contributed by atoms with Gasteiger partial charge in [-0.15, -0.1) is 0 Å². The predicted octanol–water partition coefficient (Wildman–Crippen LogP) is 4.69. The third kappa shape index (κ3) is 3.96. The van der Waals surface area contributed by atoms with Gasteiger partial charge < -0.3 is 14.2 Å². The Bertz CT molecular complexity index is 1570. The monoisotopic (exact) mass is 496 g/mol. The molecule has 1 aromatic heterocycles. The number of methoxy groups -OCH3 is 2. The van der Waals surface area contributed by atoms with E-state index in [1.165, 1.54) is 12.8 Å². The number of fused-ring (bicyclic) bond motifs is 5. The molecule has 3 aromatic carbocycles. The number of carbonyl (C=O) groups excluding carboxylic acids is 1. The van der Waals surface area contributed by atoms with Crippen LogP contribution in [0.1, 0.15) is 28.8 Å². The van der Waals surface area contributed by atoms with Crippen LogP contribution < -0.4 is 19.8 Å². The Morgan fingerprint density at radius 1 is 0.757 bits per heavy atom. The average Bonchev–Trinajstić information content (AvgIpc) is 3.55. The second-order valence-corrected chi connectivity index (χ2v) is 9.41. The highest BCUT2D eigenvalue weighted by Gasteiger charge is 2.33. The first-order chi connectivity index (χ1) is 18.1. The van der Waals surface area contributed by atoms with Crippen LogP contribution in [0.15, 0.2) is 65.5 Å². The molecule has 0 radical (unpaired) electrons. The zero-order valence-electron chi connectivity index (χ0n) is 21.0. The Morgan fingerprint density at radius 2 is 1.43 bits per heavy atom. The van der Waals surface area contributed by atoms with Crippen molar-refractivity contribution in [3.05, 3.63) is 82.1 Å². The molecule has 0 unspecified atom stereocenters. The SMILES string of the molecule is COc1ccc2c(c1)C(=O)c1c-2n(-c2ccc(OCCN3CCCC3)cc2)c(=O)c2cc(OC)ccc12. The van der Waals surface area contributed by atoms with Crippen LogP contribution in [0.25, 0.3) is 27.7 Å². The number of rotatable bonds is 7. The Labute approximate surface area is 214 Å². The highest BCUT2D eigenvalue weighted by atomic mass is 16.5. The van der Waals surface area contributed by atoms with Crippen molar-refractivity contribution in [2.75, 3.05) is 40.5 Å². The lowest BCUT2D eigenvalue weighted by molar-refractivity contribution is 0.104. The van der Waals surface area contributed by atoms with Crippen molar-refractivity contribution in [3.8, 4) is 34.2 Å². The molecule has 0 bridgehead atoms. The van der Waals surface area contributed by atoms with E-state index in [2.05, 4.69) is 4.90 Å². The molecule has 1 aliphatic carbocycles. The zero-order chi connectivity index (χ0) is 25.5. The average molecular weight is 497 g/mol. The molecule has 2 heterocycles. The zero-order valence-corrected chi connectivity index (χ0v) is 21.0. The number of hydrogen-bond donors (Lipinski definition) is 0. The third-order valence-electron chi connectivity index (χ3n) is 7.31. The fourth-order valence-electron chi connectivity index (χ4n) is 5.41. The van der Waals surface area contributed by atoms with Crippen LogP contribution in [0.3, 0.4) is 0 Å². The van der Waals surface area contributed by atoms with E-state index in [0.717, 1.165) is 25.4 Å². The summed E-state index contributed by atoms with van der Waals surface area (Å²) in [7, 11) is 3.13. The third-order valence-corrected chi connectivity index (χ3v) is 7.31. The summed E-state index contributed by atoms with van der Waals surface area (Å²) in [5, 5.41) is 1.04. The Balaban J connectivity index is 1.46.